The summed E-state index contributed by atoms with van der Waals surface area (Å²) in [4.78, 5) is 180. The fourth-order valence-corrected chi connectivity index (χ4v) is 8.17. The molecular formula is C49H69N17O20S. The molecule has 1 aliphatic heterocycles. The second-order valence-electron chi connectivity index (χ2n) is 19.2. The van der Waals surface area contributed by atoms with Crippen LogP contribution in [0.2, 0.25) is 0 Å². The molecule has 0 radical (unpaired) electrons. The van der Waals surface area contributed by atoms with Gasteiger partial charge in [0, 0.05) is 69.2 Å². The van der Waals surface area contributed by atoms with E-state index in [9.17, 15) is 98.1 Å². The van der Waals surface area contributed by atoms with Crippen LogP contribution in [0, 0.1) is 0 Å². The van der Waals surface area contributed by atoms with Gasteiger partial charge in [-0.3, -0.25) is 72.3 Å². The van der Waals surface area contributed by atoms with Crippen molar-refractivity contribution >= 4 is 107 Å². The number of anilines is 2. The molecule has 20 N–H and O–H groups in total. The molecule has 2 aromatic heterocycles. The van der Waals surface area contributed by atoms with Crippen LogP contribution in [-0.2, 0) is 59.3 Å². The summed E-state index contributed by atoms with van der Waals surface area (Å²) in [5, 5.41) is 91.3. The van der Waals surface area contributed by atoms with E-state index >= 15 is 0 Å². The predicted octanol–water partition coefficient (Wildman–Crippen LogP) is -9.52. The summed E-state index contributed by atoms with van der Waals surface area (Å²) in [6.07, 6.45) is -7.22. The number of carbonyl (C=O) groups is 12. The smallest absolute Gasteiger partial charge is 0.327 e. The number of piperazine rings is 1. The van der Waals surface area contributed by atoms with Crippen LogP contribution in [0.3, 0.4) is 0 Å². The van der Waals surface area contributed by atoms with Crippen molar-refractivity contribution in [1.29, 1.82) is 0 Å². The van der Waals surface area contributed by atoms with Gasteiger partial charge in [-0.2, -0.15) is 17.6 Å². The molecular weight excluding hydrogens is 1180 g/mol. The number of carboxylic acid groups (broad SMARTS) is 3. The Labute approximate surface area is 498 Å². The lowest BCUT2D eigenvalue weighted by molar-refractivity contribution is -0.146. The predicted molar refractivity (Wildman–Crippen MR) is 301 cm³/mol. The molecule has 476 valence electrons. The summed E-state index contributed by atoms with van der Waals surface area (Å²) >= 11 is 3.79. The molecule has 1 saturated heterocycles. The number of benzene rings is 1. The van der Waals surface area contributed by atoms with Gasteiger partial charge in [0.15, 0.2) is 11.2 Å². The number of nitrogens with zero attached hydrogens (tertiary/aromatic N) is 5. The third-order valence-electron chi connectivity index (χ3n) is 12.6. The number of aliphatic carboxylic acids is 3. The Bertz CT molecular complexity index is 3010. The second-order valence-corrected chi connectivity index (χ2v) is 19.6. The summed E-state index contributed by atoms with van der Waals surface area (Å²) in [6.45, 7) is -1.02. The van der Waals surface area contributed by atoms with Crippen molar-refractivity contribution in [3.63, 3.8) is 0 Å². The normalized spacial score (nSPS) is 14.9. The summed E-state index contributed by atoms with van der Waals surface area (Å²) in [5.74, 6) is -13.4. The number of carbonyl (C=O) groups excluding carboxylic acids is 9. The van der Waals surface area contributed by atoms with Gasteiger partial charge in [-0.1, -0.05) is 0 Å². The zero-order valence-electron chi connectivity index (χ0n) is 46.4. The standard InChI is InChI=1S/C49H69N17O20S/c50-49-63-42-39(47(84)64-49)58-26(17-56-42)16-53-25-5-3-24(4-6-25)43(80)52-7-1-2-31(69)54-19-33(71)59-27(14-36(74)75)44(81)57-18-32(70)51-8-9-65-10-12-66(13-11-65)21-35(73)55-20-34(72)60-28(15-37(76)77)45(82)62-38(41(79)40(78)30(68)22-67)46(83)61-29(23-87)48(85)86/h3-6,17,27-30,38,40-41,53,67-68,78-79,87H,1-2,7-16,18-23H2,(H,51,70)(H,52,80)(H,54,69)(H,55,73)(H,57,81)(H,59,71)(H,60,72)(H,61,83)(H,62,82)(H,74,75)(H,76,77)(H,85,86)(H3,50,56,63,64,84)/t27-,28-,29+,30+,38-,40+,41+/m0/s1. The molecule has 3 heterocycles. The number of fused-ring (bicyclic) bond motifs is 1. The van der Waals surface area contributed by atoms with E-state index in [0.29, 0.717) is 49.7 Å². The van der Waals surface area contributed by atoms with Gasteiger partial charge in [0.05, 0.1) is 64.1 Å². The van der Waals surface area contributed by atoms with Gasteiger partial charge in [-0.25, -0.2) is 14.8 Å². The average Bonchev–Trinajstić information content (AvgIpc) is 1.62. The number of aromatic nitrogens is 4. The van der Waals surface area contributed by atoms with Gasteiger partial charge in [-0.15, -0.1) is 0 Å². The molecule has 3 aromatic rings. The highest BCUT2D eigenvalue weighted by molar-refractivity contribution is 7.80. The number of hydrogen-bond acceptors (Lipinski definition) is 25. The van der Waals surface area contributed by atoms with Crippen LogP contribution in [0.4, 0.5) is 11.6 Å². The van der Waals surface area contributed by atoms with Crippen molar-refractivity contribution in [2.75, 3.05) is 95.4 Å². The molecule has 0 spiro atoms. The van der Waals surface area contributed by atoms with Crippen molar-refractivity contribution in [2.24, 2.45) is 0 Å². The van der Waals surface area contributed by atoms with Gasteiger partial charge in [-0.05, 0) is 30.7 Å². The van der Waals surface area contributed by atoms with Crippen LogP contribution in [-0.4, -0.2) is 263 Å². The molecule has 1 aromatic carbocycles. The lowest BCUT2D eigenvalue weighted by Gasteiger charge is -2.34. The molecule has 0 aliphatic carbocycles. The minimum Gasteiger partial charge on any atom is -0.481 e. The summed E-state index contributed by atoms with van der Waals surface area (Å²) in [7, 11) is 0. The van der Waals surface area contributed by atoms with Crippen LogP contribution in [0.1, 0.15) is 41.7 Å². The number of rotatable bonds is 36. The monoisotopic (exact) mass is 1250 g/mol. The number of nitrogens with two attached hydrogens (primary N) is 1. The van der Waals surface area contributed by atoms with E-state index in [1.165, 1.54) is 6.20 Å². The van der Waals surface area contributed by atoms with Gasteiger partial charge >= 0.3 is 17.9 Å². The first-order chi connectivity index (χ1) is 41.3. The number of nitrogens with one attached hydrogen (secondary N) is 11. The van der Waals surface area contributed by atoms with Crippen molar-refractivity contribution < 1.29 is 93.3 Å². The Morgan fingerprint density at radius 3 is 1.85 bits per heavy atom. The number of aromatic amines is 1. The molecule has 0 saturated carbocycles. The molecule has 0 unspecified atom stereocenters. The first-order valence-electron chi connectivity index (χ1n) is 26.5. The van der Waals surface area contributed by atoms with Crippen molar-refractivity contribution in [3.8, 4) is 0 Å². The topological polar surface area (TPSA) is 571 Å². The number of amides is 9. The maximum Gasteiger partial charge on any atom is 0.327 e. The van der Waals surface area contributed by atoms with E-state index in [2.05, 4.69) is 75.1 Å². The molecule has 0 bridgehead atoms. The van der Waals surface area contributed by atoms with Crippen molar-refractivity contribution in [2.45, 2.75) is 74.7 Å². The molecule has 4 rings (SSSR count). The quantitative estimate of drug-likeness (QED) is 0.0190. The lowest BCUT2D eigenvalue weighted by atomic mass is 9.99. The van der Waals surface area contributed by atoms with Gasteiger partial charge in [0.1, 0.15) is 42.5 Å². The first kappa shape index (κ1) is 70.3. The fraction of sp³-hybridized carbons (Fsp3) is 0.510. The molecule has 9 amide bonds. The molecule has 7 atom stereocenters. The van der Waals surface area contributed by atoms with E-state index in [1.807, 2.05) is 15.5 Å². The van der Waals surface area contributed by atoms with Crippen LogP contribution < -0.4 is 64.5 Å². The number of H-pyrrole nitrogens is 1. The summed E-state index contributed by atoms with van der Waals surface area (Å²) in [5.41, 5.74) is 6.55. The minimum atomic E-state index is -2.42. The highest BCUT2D eigenvalue weighted by Crippen LogP contribution is 2.13. The maximum absolute atomic E-state index is 13.2. The van der Waals surface area contributed by atoms with Gasteiger partial charge < -0.3 is 94.6 Å². The van der Waals surface area contributed by atoms with Crippen LogP contribution in [0.5, 0.6) is 0 Å². The van der Waals surface area contributed by atoms with E-state index in [0.717, 1.165) is 0 Å². The Morgan fingerprint density at radius 2 is 1.25 bits per heavy atom. The number of hydrogen-bond donors (Lipinski definition) is 20. The molecule has 38 heteroatoms. The third kappa shape index (κ3) is 24.4. The summed E-state index contributed by atoms with van der Waals surface area (Å²) < 4.78 is 0. The highest BCUT2D eigenvalue weighted by Gasteiger charge is 2.40. The lowest BCUT2D eigenvalue weighted by Crippen LogP contribution is -2.63. The summed E-state index contributed by atoms with van der Waals surface area (Å²) in [6, 6.07) is -1.11. The Hall–Kier alpha value is -9.21. The number of nitrogen functional groups attached to an aromatic ring is 1. The van der Waals surface area contributed by atoms with E-state index in [4.69, 9.17) is 5.73 Å². The van der Waals surface area contributed by atoms with Gasteiger partial charge in [0.25, 0.3) is 11.5 Å². The Kier molecular flexibility index (Phi) is 28.5. The van der Waals surface area contributed by atoms with Crippen molar-refractivity contribution in [3.05, 3.63) is 52.1 Å². The number of aliphatic hydroxyl groups is 4. The zero-order chi connectivity index (χ0) is 64.3. The zero-order valence-corrected chi connectivity index (χ0v) is 47.2. The van der Waals surface area contributed by atoms with Crippen LogP contribution in [0.25, 0.3) is 11.2 Å². The Morgan fingerprint density at radius 1 is 0.655 bits per heavy atom. The molecule has 1 aliphatic rings. The average molecular weight is 1250 g/mol. The SMILES string of the molecule is Nc1nc2ncc(CNc3ccc(C(=O)NCCCC(=O)NCC(=O)N[C@@H](CC(=O)O)C(=O)NCC(=O)NCCN4CCN(CC(=O)NCC(=O)N[C@@H](CC(=O)O)C(=O)N[C@H](C(=O)N[C@H](CS)C(=O)O)[C@@H](O)[C@H](O)[C@H](O)CO)CC4)cc3)nc2c(=O)[nH]1. The number of carboxylic acids is 3. The van der Waals surface area contributed by atoms with E-state index in [-0.39, 0.29) is 56.1 Å². The van der Waals surface area contributed by atoms with Crippen LogP contribution in [0.15, 0.2) is 35.3 Å². The first-order valence-corrected chi connectivity index (χ1v) is 27.2. The molecule has 37 nitrogen and oxygen atoms in total. The minimum absolute atomic E-state index is 0.0282. The number of aliphatic hydroxyl groups excluding tert-OH is 4. The third-order valence-corrected chi connectivity index (χ3v) is 12.9. The van der Waals surface area contributed by atoms with Gasteiger partial charge in [0.2, 0.25) is 53.2 Å². The second kappa shape index (κ2) is 35.3. The molecule has 87 heavy (non-hydrogen) atoms. The van der Waals surface area contributed by atoms with E-state index < -0.39 is 164 Å². The largest absolute Gasteiger partial charge is 0.481 e. The Balaban J connectivity index is 1.09. The maximum atomic E-state index is 13.2. The number of thiol groups is 1. The van der Waals surface area contributed by atoms with Crippen LogP contribution >= 0.6 is 12.6 Å². The fourth-order valence-electron chi connectivity index (χ4n) is 7.92. The van der Waals surface area contributed by atoms with E-state index in [1.54, 1.807) is 29.2 Å². The highest BCUT2D eigenvalue weighted by atomic mass is 32.1. The molecule has 1 fully saturated rings. The van der Waals surface area contributed by atoms with Crippen molar-refractivity contribution in [1.82, 2.24) is 77.6 Å².